The monoisotopic (exact) mass is 316 g/mol. The molecule has 0 bridgehead atoms. The van der Waals surface area contributed by atoms with Gasteiger partial charge in [0.05, 0.1) is 19.2 Å². The number of hydrogen-bond acceptors (Lipinski definition) is 1. The topological polar surface area (TPSA) is 30.0 Å². The molecule has 0 fully saturated rings. The van der Waals surface area contributed by atoms with E-state index in [9.17, 15) is 0 Å². The Kier molecular flexibility index (Phi) is 5.96. The molecule has 1 N–H and O–H groups in total. The second-order valence-corrected chi connectivity index (χ2v) is 9.35. The molecule has 0 saturated heterocycles. The van der Waals surface area contributed by atoms with Crippen LogP contribution in [-0.4, -0.2) is 5.48 Å². The summed E-state index contributed by atoms with van der Waals surface area (Å²) in [7, 11) is 0.135. The lowest BCUT2D eigenvalue weighted by Crippen LogP contribution is -2.24. The Labute approximate surface area is 137 Å². The zero-order valence-corrected chi connectivity index (χ0v) is 15.8. The lowest BCUT2D eigenvalue weighted by molar-refractivity contribution is 0.593. The molecule has 120 valence electrons. The minimum Gasteiger partial charge on any atom is -0.870 e. The number of hydrogen-bond donors (Lipinski definition) is 0. The van der Waals surface area contributed by atoms with Gasteiger partial charge in [-0.3, -0.25) is 0 Å². The molecular weight excluding hydrogens is 287 g/mol. The van der Waals surface area contributed by atoms with Crippen LogP contribution in [0.5, 0.6) is 0 Å². The van der Waals surface area contributed by atoms with Gasteiger partial charge in [-0.1, -0.05) is 77.9 Å². The molecule has 2 heteroatoms. The quantitative estimate of drug-likeness (QED) is 0.752. The van der Waals surface area contributed by atoms with Crippen molar-refractivity contribution in [1.29, 1.82) is 0 Å². The average molecular weight is 316 g/mol. The maximum atomic E-state index is 2.31. The van der Waals surface area contributed by atoms with E-state index >= 15 is 0 Å². The van der Waals surface area contributed by atoms with Crippen molar-refractivity contribution in [2.24, 2.45) is 0 Å². The van der Waals surface area contributed by atoms with Crippen LogP contribution in [0, 0.1) is 0 Å². The van der Waals surface area contributed by atoms with Crippen LogP contribution in [0.2, 0.25) is 0 Å². The van der Waals surface area contributed by atoms with Gasteiger partial charge in [-0.05, 0) is 34.1 Å². The van der Waals surface area contributed by atoms with E-state index in [-0.39, 0.29) is 24.9 Å². The van der Waals surface area contributed by atoms with E-state index in [1.54, 1.807) is 0 Å². The lowest BCUT2D eigenvalue weighted by atomic mass is 9.87. The molecule has 0 heterocycles. The highest BCUT2D eigenvalue weighted by molar-refractivity contribution is 7.55. The van der Waals surface area contributed by atoms with Gasteiger partial charge in [0.2, 0.25) is 0 Å². The molecule has 1 nitrogen and oxygen atoms in total. The third-order valence-electron chi connectivity index (χ3n) is 3.85. The molecule has 0 aliphatic heterocycles. The van der Waals surface area contributed by atoms with Crippen molar-refractivity contribution in [3.05, 3.63) is 59.7 Å². The van der Waals surface area contributed by atoms with Crippen molar-refractivity contribution in [3.8, 4) is 0 Å². The third-order valence-corrected chi connectivity index (χ3v) is 5.48. The minimum atomic E-state index is 0. The summed E-state index contributed by atoms with van der Waals surface area (Å²) in [6, 6.07) is 17.9. The van der Waals surface area contributed by atoms with Crippen LogP contribution in [0.4, 0.5) is 0 Å². The summed E-state index contributed by atoms with van der Waals surface area (Å²) in [5, 5.41) is 3.06. The van der Waals surface area contributed by atoms with Gasteiger partial charge in [-0.25, -0.2) is 0 Å². The van der Waals surface area contributed by atoms with Crippen molar-refractivity contribution < 1.29 is 5.48 Å². The van der Waals surface area contributed by atoms with Gasteiger partial charge in [0.15, 0.2) is 0 Å². The smallest absolute Gasteiger partial charge is 0.0979 e. The highest BCUT2D eigenvalue weighted by Crippen LogP contribution is 2.29. The number of benzene rings is 2. The largest absolute Gasteiger partial charge is 0.870 e. The molecule has 0 aliphatic carbocycles. The van der Waals surface area contributed by atoms with Crippen molar-refractivity contribution in [1.82, 2.24) is 0 Å². The van der Waals surface area contributed by atoms with Gasteiger partial charge in [0, 0.05) is 0 Å². The molecule has 2 aromatic carbocycles. The summed E-state index contributed by atoms with van der Waals surface area (Å²) in [5.74, 6) is 0. The van der Waals surface area contributed by atoms with E-state index in [0.717, 1.165) is 0 Å². The molecule has 2 aromatic rings. The van der Waals surface area contributed by atoms with Crippen molar-refractivity contribution in [3.63, 3.8) is 0 Å². The van der Waals surface area contributed by atoms with Crippen LogP contribution >= 0.6 is 8.58 Å². The van der Waals surface area contributed by atoms with Gasteiger partial charge < -0.3 is 5.48 Å². The van der Waals surface area contributed by atoms with Crippen LogP contribution in [-0.2, 0) is 10.8 Å². The molecule has 0 spiro atoms. The molecule has 0 aliphatic rings. The summed E-state index contributed by atoms with van der Waals surface area (Å²) in [4.78, 5) is 0. The van der Waals surface area contributed by atoms with Crippen LogP contribution < -0.4 is 10.6 Å². The molecular formula is C20H29OP. The molecule has 0 atom stereocenters. The molecule has 0 amide bonds. The highest BCUT2D eigenvalue weighted by atomic mass is 31.1. The normalized spacial score (nSPS) is 11.9. The first-order valence-electron chi connectivity index (χ1n) is 7.73. The van der Waals surface area contributed by atoms with Gasteiger partial charge >= 0.3 is 0 Å². The van der Waals surface area contributed by atoms with Crippen LogP contribution in [0.3, 0.4) is 0 Å². The van der Waals surface area contributed by atoms with Crippen LogP contribution in [0.1, 0.15) is 52.7 Å². The second-order valence-electron chi connectivity index (χ2n) is 7.82. The average Bonchev–Trinajstić information content (AvgIpc) is 2.37. The summed E-state index contributed by atoms with van der Waals surface area (Å²) < 4.78 is 0. The van der Waals surface area contributed by atoms with E-state index in [1.165, 1.54) is 21.7 Å². The molecule has 0 radical (unpaired) electrons. The SMILES string of the molecule is CC(C)(C)c1ccccc1[PH2+]c1ccccc1C(C)(C)C.[OH-]. The standard InChI is InChI=1S/C20H27P.H2O/c1-19(2,3)15-11-7-9-13-17(15)21-18-14-10-8-12-16(18)20(4,5)6;/h7-14,21H,1-6H3;1H2. The van der Waals surface area contributed by atoms with E-state index < -0.39 is 0 Å². The van der Waals surface area contributed by atoms with Crippen molar-refractivity contribution >= 4 is 19.2 Å². The molecule has 0 saturated carbocycles. The van der Waals surface area contributed by atoms with E-state index in [0.29, 0.717) is 0 Å². The highest BCUT2D eigenvalue weighted by Gasteiger charge is 2.24. The summed E-state index contributed by atoms with van der Waals surface area (Å²) in [6.07, 6.45) is 0. The lowest BCUT2D eigenvalue weighted by Gasteiger charge is -2.22. The molecule has 0 unspecified atom stereocenters. The van der Waals surface area contributed by atoms with E-state index in [2.05, 4.69) is 90.1 Å². The van der Waals surface area contributed by atoms with Gasteiger partial charge in [-0.2, -0.15) is 0 Å². The first-order valence-corrected chi connectivity index (χ1v) is 8.89. The van der Waals surface area contributed by atoms with Crippen molar-refractivity contribution in [2.45, 2.75) is 52.4 Å². The Morgan fingerprint density at radius 1 is 0.591 bits per heavy atom. The Morgan fingerprint density at radius 3 is 1.23 bits per heavy atom. The third kappa shape index (κ3) is 4.41. The van der Waals surface area contributed by atoms with Crippen molar-refractivity contribution in [2.75, 3.05) is 0 Å². The second kappa shape index (κ2) is 6.94. The summed E-state index contributed by atoms with van der Waals surface area (Å²) >= 11 is 0. The number of rotatable bonds is 2. The van der Waals surface area contributed by atoms with E-state index in [4.69, 9.17) is 0 Å². The maximum Gasteiger partial charge on any atom is 0.0979 e. The zero-order valence-electron chi connectivity index (χ0n) is 14.6. The first kappa shape index (κ1) is 18.9. The molecule has 2 rings (SSSR count). The van der Waals surface area contributed by atoms with Gasteiger partial charge in [0.25, 0.3) is 0 Å². The molecule has 22 heavy (non-hydrogen) atoms. The Morgan fingerprint density at radius 2 is 0.909 bits per heavy atom. The summed E-state index contributed by atoms with van der Waals surface area (Å²) in [5.41, 5.74) is 3.40. The minimum absolute atomic E-state index is 0. The van der Waals surface area contributed by atoms with E-state index in [1.807, 2.05) is 0 Å². The predicted octanol–water partition coefficient (Wildman–Crippen LogP) is 4.47. The van der Waals surface area contributed by atoms with Crippen LogP contribution in [0.15, 0.2) is 48.5 Å². The fourth-order valence-electron chi connectivity index (χ4n) is 2.78. The molecule has 0 aromatic heterocycles. The zero-order chi connectivity index (χ0) is 15.7. The fraction of sp³-hybridized carbons (Fsp3) is 0.400. The fourth-order valence-corrected chi connectivity index (χ4v) is 4.90. The van der Waals surface area contributed by atoms with Gasteiger partial charge in [0.1, 0.15) is 0 Å². The summed E-state index contributed by atoms with van der Waals surface area (Å²) in [6.45, 7) is 13.8. The Hall–Kier alpha value is -1.17. The Balaban J connectivity index is 0.00000242. The Bertz CT molecular complexity index is 563. The maximum absolute atomic E-state index is 2.31. The first-order chi connectivity index (χ1) is 9.69. The predicted molar refractivity (Wildman–Crippen MR) is 101 cm³/mol. The van der Waals surface area contributed by atoms with Gasteiger partial charge in [-0.15, -0.1) is 0 Å². The van der Waals surface area contributed by atoms with Crippen LogP contribution in [0.25, 0.3) is 0 Å².